The summed E-state index contributed by atoms with van der Waals surface area (Å²) in [5.74, 6) is -0.611. The summed E-state index contributed by atoms with van der Waals surface area (Å²) in [5.41, 5.74) is 0. The molecular formula is C21H17ClO6S. The fraction of sp³-hybridized carbons (Fsp3) is 0.143. The Labute approximate surface area is 174 Å². The first-order valence-electron chi connectivity index (χ1n) is 8.49. The second-order valence-electron chi connectivity index (χ2n) is 6.00. The molecule has 0 saturated carbocycles. The van der Waals surface area contributed by atoms with Crippen LogP contribution in [0.1, 0.15) is 13.8 Å². The van der Waals surface area contributed by atoms with E-state index in [9.17, 15) is 13.8 Å². The van der Waals surface area contributed by atoms with E-state index >= 15 is 0 Å². The molecule has 0 saturated heterocycles. The van der Waals surface area contributed by atoms with Crippen LogP contribution in [0, 0.1) is 0 Å². The van der Waals surface area contributed by atoms with Gasteiger partial charge in [0.1, 0.15) is 5.75 Å². The summed E-state index contributed by atoms with van der Waals surface area (Å²) in [6.07, 6.45) is 0. The molecule has 0 heterocycles. The van der Waals surface area contributed by atoms with E-state index in [1.165, 1.54) is 27.0 Å². The average molecular weight is 433 g/mol. The van der Waals surface area contributed by atoms with Crippen molar-refractivity contribution >= 4 is 45.1 Å². The maximum atomic E-state index is 13.3. The summed E-state index contributed by atoms with van der Waals surface area (Å²) < 4.78 is 29.3. The summed E-state index contributed by atoms with van der Waals surface area (Å²) >= 11 is 6.04. The van der Waals surface area contributed by atoms with E-state index in [0.717, 1.165) is 0 Å². The number of carbonyl (C=O) groups excluding carboxylic acids is 2. The second kappa shape index (κ2) is 8.63. The van der Waals surface area contributed by atoms with E-state index in [1.54, 1.807) is 42.5 Å². The number of methoxy groups -OCH3 is 1. The van der Waals surface area contributed by atoms with Gasteiger partial charge < -0.3 is 14.2 Å². The highest BCUT2D eigenvalue weighted by molar-refractivity contribution is 7.85. The lowest BCUT2D eigenvalue weighted by molar-refractivity contribution is -0.133. The SMILES string of the molecule is COc1cc(OC(C)=O)c2c(S(=O)c3cccc(Cl)c3)cccc2c1OC(C)=O. The predicted molar refractivity (Wildman–Crippen MR) is 109 cm³/mol. The molecule has 1 atom stereocenters. The van der Waals surface area contributed by atoms with Crippen LogP contribution >= 0.6 is 11.6 Å². The zero-order valence-corrected chi connectivity index (χ0v) is 17.4. The molecule has 1 unspecified atom stereocenters. The fourth-order valence-corrected chi connectivity index (χ4v) is 4.41. The molecule has 0 amide bonds. The van der Waals surface area contributed by atoms with E-state index < -0.39 is 22.7 Å². The van der Waals surface area contributed by atoms with Crippen LogP contribution in [0.3, 0.4) is 0 Å². The van der Waals surface area contributed by atoms with Crippen molar-refractivity contribution in [3.05, 3.63) is 53.6 Å². The van der Waals surface area contributed by atoms with Gasteiger partial charge in [0.05, 0.1) is 22.8 Å². The van der Waals surface area contributed by atoms with Crippen LogP contribution < -0.4 is 14.2 Å². The Morgan fingerprint density at radius 1 is 0.931 bits per heavy atom. The maximum absolute atomic E-state index is 13.3. The van der Waals surface area contributed by atoms with Crippen LogP contribution in [0.25, 0.3) is 10.8 Å². The number of ether oxygens (including phenoxy) is 3. The smallest absolute Gasteiger partial charge is 0.308 e. The summed E-state index contributed by atoms with van der Waals surface area (Å²) in [7, 11) is -0.241. The molecular weight excluding hydrogens is 416 g/mol. The van der Waals surface area contributed by atoms with Gasteiger partial charge >= 0.3 is 11.9 Å². The average Bonchev–Trinajstić information content (AvgIpc) is 2.67. The molecule has 0 bridgehead atoms. The quantitative estimate of drug-likeness (QED) is 0.435. The van der Waals surface area contributed by atoms with Crippen LogP contribution in [0.2, 0.25) is 5.02 Å². The van der Waals surface area contributed by atoms with Crippen molar-refractivity contribution < 1.29 is 28.0 Å². The molecule has 0 aliphatic carbocycles. The maximum Gasteiger partial charge on any atom is 0.308 e. The van der Waals surface area contributed by atoms with Gasteiger partial charge in [0.15, 0.2) is 11.5 Å². The summed E-state index contributed by atoms with van der Waals surface area (Å²) in [4.78, 5) is 24.1. The molecule has 0 radical (unpaired) electrons. The Bertz CT molecular complexity index is 1140. The van der Waals surface area contributed by atoms with Crippen molar-refractivity contribution in [1.82, 2.24) is 0 Å². The molecule has 3 aromatic carbocycles. The minimum atomic E-state index is -1.64. The number of benzene rings is 3. The van der Waals surface area contributed by atoms with Gasteiger partial charge in [-0.2, -0.15) is 0 Å². The summed E-state index contributed by atoms with van der Waals surface area (Å²) in [6.45, 7) is 2.52. The first kappa shape index (κ1) is 20.8. The Morgan fingerprint density at radius 2 is 1.62 bits per heavy atom. The Hall–Kier alpha value is -2.90. The van der Waals surface area contributed by atoms with Crippen molar-refractivity contribution in [2.24, 2.45) is 0 Å². The van der Waals surface area contributed by atoms with Gasteiger partial charge in [-0.25, -0.2) is 4.21 Å². The number of rotatable bonds is 5. The molecule has 150 valence electrons. The number of esters is 2. The van der Waals surface area contributed by atoms with Crippen LogP contribution in [0.15, 0.2) is 58.3 Å². The van der Waals surface area contributed by atoms with Crippen molar-refractivity contribution in [3.63, 3.8) is 0 Å². The summed E-state index contributed by atoms with van der Waals surface area (Å²) in [5, 5.41) is 1.24. The monoisotopic (exact) mass is 432 g/mol. The molecule has 0 spiro atoms. The molecule has 0 aliphatic heterocycles. The highest BCUT2D eigenvalue weighted by atomic mass is 35.5. The number of carbonyl (C=O) groups is 2. The molecule has 6 nitrogen and oxygen atoms in total. The van der Waals surface area contributed by atoms with E-state index in [0.29, 0.717) is 25.6 Å². The largest absolute Gasteiger partial charge is 0.493 e. The minimum absolute atomic E-state index is 0.145. The van der Waals surface area contributed by atoms with Gasteiger partial charge in [0.25, 0.3) is 0 Å². The Morgan fingerprint density at radius 3 is 2.24 bits per heavy atom. The molecule has 29 heavy (non-hydrogen) atoms. The predicted octanol–water partition coefficient (Wildman–Crippen LogP) is 4.52. The highest BCUT2D eigenvalue weighted by Crippen LogP contribution is 2.44. The zero-order chi connectivity index (χ0) is 21.1. The first-order chi connectivity index (χ1) is 13.8. The topological polar surface area (TPSA) is 78.9 Å². The number of hydrogen-bond donors (Lipinski definition) is 0. The lowest BCUT2D eigenvalue weighted by Gasteiger charge is -2.17. The normalized spacial score (nSPS) is 11.7. The first-order valence-corrected chi connectivity index (χ1v) is 10.0. The molecule has 3 aromatic rings. The molecule has 0 aliphatic rings. The van der Waals surface area contributed by atoms with Crippen molar-refractivity contribution in [2.45, 2.75) is 23.6 Å². The van der Waals surface area contributed by atoms with E-state index in [2.05, 4.69) is 0 Å². The third-order valence-electron chi connectivity index (χ3n) is 3.93. The van der Waals surface area contributed by atoms with Gasteiger partial charge in [0, 0.05) is 40.6 Å². The number of hydrogen-bond acceptors (Lipinski definition) is 6. The van der Waals surface area contributed by atoms with E-state index in [-0.39, 0.29) is 17.2 Å². The van der Waals surface area contributed by atoms with Crippen LogP contribution in [0.4, 0.5) is 0 Å². The van der Waals surface area contributed by atoms with Crippen LogP contribution in [-0.4, -0.2) is 23.3 Å². The Balaban J connectivity index is 2.35. The van der Waals surface area contributed by atoms with Gasteiger partial charge in [-0.1, -0.05) is 29.8 Å². The van der Waals surface area contributed by atoms with E-state index in [1.807, 2.05) is 0 Å². The third-order valence-corrected chi connectivity index (χ3v) is 5.59. The zero-order valence-electron chi connectivity index (χ0n) is 15.9. The van der Waals surface area contributed by atoms with Gasteiger partial charge in [0.2, 0.25) is 0 Å². The number of fused-ring (bicyclic) bond motifs is 1. The summed E-state index contributed by atoms with van der Waals surface area (Å²) in [6, 6.07) is 13.1. The van der Waals surface area contributed by atoms with Crippen LogP contribution in [-0.2, 0) is 20.4 Å². The second-order valence-corrected chi connectivity index (χ2v) is 7.88. The van der Waals surface area contributed by atoms with Crippen LogP contribution in [0.5, 0.6) is 17.2 Å². The van der Waals surface area contributed by atoms with Gasteiger partial charge in [-0.3, -0.25) is 9.59 Å². The van der Waals surface area contributed by atoms with Crippen molar-refractivity contribution in [2.75, 3.05) is 7.11 Å². The highest BCUT2D eigenvalue weighted by Gasteiger charge is 2.22. The van der Waals surface area contributed by atoms with E-state index in [4.69, 9.17) is 25.8 Å². The van der Waals surface area contributed by atoms with Gasteiger partial charge in [-0.05, 0) is 24.3 Å². The lowest BCUT2D eigenvalue weighted by atomic mass is 10.1. The third kappa shape index (κ3) is 4.41. The van der Waals surface area contributed by atoms with Gasteiger partial charge in [-0.15, -0.1) is 0 Å². The molecule has 0 fully saturated rings. The standard InChI is InChI=1S/C21H17ClO6S/c1-12(23)27-17-11-18(26-3)21(28-13(2)24)16-8-5-9-19(20(16)17)29(25)15-7-4-6-14(22)10-15/h4-11H,1-3H3. The Kier molecular flexibility index (Phi) is 6.20. The molecule has 0 aromatic heterocycles. The number of halogens is 1. The van der Waals surface area contributed by atoms with Crippen molar-refractivity contribution in [3.8, 4) is 17.2 Å². The molecule has 3 rings (SSSR count). The fourth-order valence-electron chi connectivity index (χ4n) is 2.86. The van der Waals surface area contributed by atoms with Crippen molar-refractivity contribution in [1.29, 1.82) is 0 Å². The lowest BCUT2D eigenvalue weighted by Crippen LogP contribution is -2.07. The minimum Gasteiger partial charge on any atom is -0.493 e. The molecule has 8 heteroatoms. The molecule has 0 N–H and O–H groups in total.